The van der Waals surface area contributed by atoms with Crippen molar-refractivity contribution in [2.45, 2.75) is 45.6 Å². The van der Waals surface area contributed by atoms with Crippen LogP contribution in [0.1, 0.15) is 44.6 Å². The van der Waals surface area contributed by atoms with Crippen molar-refractivity contribution in [1.29, 1.82) is 0 Å². The largest absolute Gasteiger partial charge is 0.496 e. The number of anilines is 2. The summed E-state index contributed by atoms with van der Waals surface area (Å²) in [6, 6.07) is 5.67. The average Bonchev–Trinajstić information content (AvgIpc) is 3.21. The summed E-state index contributed by atoms with van der Waals surface area (Å²) < 4.78 is 18.0. The maximum Gasteiger partial charge on any atom is 0.305 e. The average molecular weight is 457 g/mol. The van der Waals surface area contributed by atoms with Crippen molar-refractivity contribution in [1.82, 2.24) is 19.7 Å². The maximum absolute atomic E-state index is 11.3. The van der Waals surface area contributed by atoms with Gasteiger partial charge in [-0.2, -0.15) is 10.1 Å². The standard InChI is InChI=1S/C23H32N6O4/c1-4-5-12-25-22-21-17(26-23(24)27-22)15-29(28-21)14-16-18(31-2)9-8-10-19(16)33-13-7-6-11-20(30)32-3/h8-10,15H,4-7,11-14H2,1-3H3,(H3,24,25,26,27). The molecule has 0 spiro atoms. The number of nitrogen functional groups attached to an aromatic ring is 1. The Morgan fingerprint density at radius 1 is 1.15 bits per heavy atom. The van der Waals surface area contributed by atoms with Gasteiger partial charge in [-0.05, 0) is 31.4 Å². The molecule has 0 radical (unpaired) electrons. The summed E-state index contributed by atoms with van der Waals surface area (Å²) in [5, 5.41) is 8.00. The van der Waals surface area contributed by atoms with Crippen LogP contribution in [-0.2, 0) is 16.1 Å². The maximum atomic E-state index is 11.3. The summed E-state index contributed by atoms with van der Waals surface area (Å²) in [6.45, 7) is 3.82. The van der Waals surface area contributed by atoms with E-state index in [1.54, 1.807) is 11.8 Å². The minimum Gasteiger partial charge on any atom is -0.496 e. The molecular weight excluding hydrogens is 424 g/mol. The number of ether oxygens (including phenoxy) is 3. The van der Waals surface area contributed by atoms with Gasteiger partial charge in [-0.25, -0.2) is 4.98 Å². The van der Waals surface area contributed by atoms with Gasteiger partial charge in [0.05, 0.1) is 39.1 Å². The van der Waals surface area contributed by atoms with Crippen LogP contribution in [0.15, 0.2) is 24.4 Å². The molecule has 0 saturated heterocycles. The number of nitrogens with one attached hydrogen (secondary N) is 1. The van der Waals surface area contributed by atoms with Crippen molar-refractivity contribution in [3.8, 4) is 11.5 Å². The van der Waals surface area contributed by atoms with E-state index in [0.717, 1.165) is 31.4 Å². The van der Waals surface area contributed by atoms with Gasteiger partial charge >= 0.3 is 5.97 Å². The zero-order valence-corrected chi connectivity index (χ0v) is 19.5. The van der Waals surface area contributed by atoms with E-state index in [0.29, 0.717) is 54.3 Å². The van der Waals surface area contributed by atoms with E-state index in [1.165, 1.54) is 7.11 Å². The SMILES string of the molecule is CCCCNc1nc(N)nc2cn(Cc3c(OC)cccc3OCCCCC(=O)OC)nc12. The van der Waals surface area contributed by atoms with E-state index in [2.05, 4.69) is 26.9 Å². The number of rotatable bonds is 13. The Hall–Kier alpha value is -3.56. The van der Waals surface area contributed by atoms with E-state index in [-0.39, 0.29) is 11.9 Å². The number of benzene rings is 1. The summed E-state index contributed by atoms with van der Waals surface area (Å²) in [7, 11) is 3.02. The Morgan fingerprint density at radius 3 is 2.73 bits per heavy atom. The highest BCUT2D eigenvalue weighted by Gasteiger charge is 2.15. The van der Waals surface area contributed by atoms with Gasteiger partial charge in [-0.15, -0.1) is 0 Å². The predicted molar refractivity (Wildman–Crippen MR) is 127 cm³/mol. The van der Waals surface area contributed by atoms with Crippen LogP contribution >= 0.6 is 0 Å². The number of hydrogen-bond donors (Lipinski definition) is 2. The van der Waals surface area contributed by atoms with E-state index in [9.17, 15) is 4.79 Å². The zero-order valence-electron chi connectivity index (χ0n) is 19.5. The number of carbonyl (C=O) groups excluding carboxylic acids is 1. The molecule has 0 aliphatic carbocycles. The van der Waals surface area contributed by atoms with E-state index < -0.39 is 0 Å². The monoisotopic (exact) mass is 456 g/mol. The highest BCUT2D eigenvalue weighted by molar-refractivity contribution is 5.85. The molecule has 3 rings (SSSR count). The molecule has 1 aromatic carbocycles. The quantitative estimate of drug-likeness (QED) is 0.294. The third kappa shape index (κ3) is 6.47. The van der Waals surface area contributed by atoms with Gasteiger partial charge in [0, 0.05) is 13.0 Å². The lowest BCUT2D eigenvalue weighted by molar-refractivity contribution is -0.140. The minimum atomic E-state index is -0.213. The summed E-state index contributed by atoms with van der Waals surface area (Å²) >= 11 is 0. The summed E-state index contributed by atoms with van der Waals surface area (Å²) in [6.07, 6.45) is 5.75. The summed E-state index contributed by atoms with van der Waals surface area (Å²) in [5.74, 6) is 2.03. The topological polar surface area (TPSA) is 126 Å². The molecule has 10 nitrogen and oxygen atoms in total. The number of esters is 1. The van der Waals surface area contributed by atoms with Gasteiger partial charge in [0.2, 0.25) is 5.95 Å². The fourth-order valence-electron chi connectivity index (χ4n) is 3.41. The molecule has 0 amide bonds. The summed E-state index contributed by atoms with van der Waals surface area (Å²) in [5.41, 5.74) is 8.10. The molecular formula is C23H32N6O4. The van der Waals surface area contributed by atoms with Crippen molar-refractivity contribution in [3.05, 3.63) is 30.0 Å². The first-order valence-electron chi connectivity index (χ1n) is 11.2. The Labute approximate surface area is 193 Å². The number of aromatic nitrogens is 4. The number of hydrogen-bond acceptors (Lipinski definition) is 9. The van der Waals surface area contributed by atoms with E-state index >= 15 is 0 Å². The van der Waals surface area contributed by atoms with Crippen molar-refractivity contribution < 1.29 is 19.0 Å². The summed E-state index contributed by atoms with van der Waals surface area (Å²) in [4.78, 5) is 19.9. The normalized spacial score (nSPS) is 10.9. The van der Waals surface area contributed by atoms with Crippen LogP contribution in [-0.4, -0.2) is 53.1 Å². The minimum absolute atomic E-state index is 0.203. The third-order valence-electron chi connectivity index (χ3n) is 5.14. The molecule has 2 aromatic heterocycles. The second kappa shape index (κ2) is 11.9. The lowest BCUT2D eigenvalue weighted by Crippen LogP contribution is -2.08. The van der Waals surface area contributed by atoms with Crippen LogP contribution in [0.5, 0.6) is 11.5 Å². The molecule has 33 heavy (non-hydrogen) atoms. The van der Waals surface area contributed by atoms with Gasteiger partial charge in [0.1, 0.15) is 17.0 Å². The van der Waals surface area contributed by atoms with Crippen molar-refractivity contribution in [2.24, 2.45) is 0 Å². The van der Waals surface area contributed by atoms with Crippen LogP contribution in [0.3, 0.4) is 0 Å². The number of carbonyl (C=O) groups is 1. The van der Waals surface area contributed by atoms with Crippen molar-refractivity contribution >= 4 is 28.8 Å². The van der Waals surface area contributed by atoms with Gasteiger partial charge in [0.25, 0.3) is 0 Å². The Balaban J connectivity index is 1.77. The number of nitrogens with zero attached hydrogens (tertiary/aromatic N) is 4. The van der Waals surface area contributed by atoms with Crippen molar-refractivity contribution in [2.75, 3.05) is 38.4 Å². The van der Waals surface area contributed by atoms with Gasteiger partial charge in [-0.3, -0.25) is 9.48 Å². The lowest BCUT2D eigenvalue weighted by Gasteiger charge is -2.15. The van der Waals surface area contributed by atoms with E-state index in [1.807, 2.05) is 24.4 Å². The second-order valence-electron chi connectivity index (χ2n) is 7.59. The highest BCUT2D eigenvalue weighted by Crippen LogP contribution is 2.30. The van der Waals surface area contributed by atoms with Crippen LogP contribution in [0, 0.1) is 0 Å². The molecule has 10 heteroatoms. The first-order valence-corrected chi connectivity index (χ1v) is 11.2. The zero-order chi connectivity index (χ0) is 23.6. The molecule has 178 valence electrons. The Morgan fingerprint density at radius 2 is 1.97 bits per heavy atom. The number of fused-ring (bicyclic) bond motifs is 1. The fraction of sp³-hybridized carbons (Fsp3) is 0.478. The fourth-order valence-corrected chi connectivity index (χ4v) is 3.41. The number of unbranched alkanes of at least 4 members (excludes halogenated alkanes) is 2. The molecule has 0 saturated carbocycles. The van der Waals surface area contributed by atoms with Gasteiger partial charge in [0.15, 0.2) is 11.3 Å². The highest BCUT2D eigenvalue weighted by atomic mass is 16.5. The molecule has 2 heterocycles. The molecule has 0 unspecified atom stereocenters. The third-order valence-corrected chi connectivity index (χ3v) is 5.14. The molecule has 3 N–H and O–H groups in total. The first kappa shape index (κ1) is 24.1. The van der Waals surface area contributed by atoms with Gasteiger partial charge < -0.3 is 25.3 Å². The smallest absolute Gasteiger partial charge is 0.305 e. The Bertz CT molecular complexity index is 1070. The predicted octanol–water partition coefficient (Wildman–Crippen LogP) is 3.40. The molecule has 0 aliphatic heterocycles. The molecule has 0 bridgehead atoms. The molecule has 0 atom stereocenters. The van der Waals surface area contributed by atoms with Crippen LogP contribution in [0.4, 0.5) is 11.8 Å². The number of nitrogens with two attached hydrogens (primary N) is 1. The Kier molecular flexibility index (Phi) is 8.68. The van der Waals surface area contributed by atoms with Crippen LogP contribution in [0.25, 0.3) is 11.0 Å². The number of methoxy groups -OCH3 is 2. The lowest BCUT2D eigenvalue weighted by atomic mass is 10.1. The second-order valence-corrected chi connectivity index (χ2v) is 7.59. The van der Waals surface area contributed by atoms with Gasteiger partial charge in [-0.1, -0.05) is 19.4 Å². The van der Waals surface area contributed by atoms with Crippen molar-refractivity contribution in [3.63, 3.8) is 0 Å². The molecule has 0 fully saturated rings. The van der Waals surface area contributed by atoms with Crippen LogP contribution < -0.4 is 20.5 Å². The van der Waals surface area contributed by atoms with E-state index in [4.69, 9.17) is 20.3 Å². The first-order chi connectivity index (χ1) is 16.0. The molecule has 3 aromatic rings. The molecule has 0 aliphatic rings. The van der Waals surface area contributed by atoms with Crippen LogP contribution in [0.2, 0.25) is 0 Å².